The Kier molecular flexibility index (Phi) is 2.49. The van der Waals surface area contributed by atoms with Crippen LogP contribution in [0.25, 0.3) is 0 Å². The number of hydrogen-bond donors (Lipinski definition) is 2. The van der Waals surface area contributed by atoms with Gasteiger partial charge in [0.25, 0.3) is 0 Å². The third-order valence-corrected chi connectivity index (χ3v) is 2.62. The van der Waals surface area contributed by atoms with E-state index in [0.29, 0.717) is 6.42 Å². The van der Waals surface area contributed by atoms with Gasteiger partial charge < -0.3 is 10.6 Å². The molecule has 1 amide bonds. The van der Waals surface area contributed by atoms with Crippen LogP contribution in [0.5, 0.6) is 0 Å². The molecule has 1 aliphatic carbocycles. The molecule has 0 aromatic rings. The van der Waals surface area contributed by atoms with E-state index in [0.717, 1.165) is 12.8 Å². The van der Waals surface area contributed by atoms with Gasteiger partial charge >= 0.3 is 0 Å². The quantitative estimate of drug-likeness (QED) is 0.615. The lowest BCUT2D eigenvalue weighted by Gasteiger charge is -2.41. The molecule has 2 N–H and O–H groups in total. The Labute approximate surface area is 67.5 Å². The highest BCUT2D eigenvalue weighted by molar-refractivity contribution is 5.77. The Morgan fingerprint density at radius 1 is 1.45 bits per heavy atom. The zero-order valence-electron chi connectivity index (χ0n) is 7.24. The van der Waals surface area contributed by atoms with Crippen molar-refractivity contribution in [2.45, 2.75) is 31.2 Å². The van der Waals surface area contributed by atoms with Crippen molar-refractivity contribution in [1.29, 1.82) is 0 Å². The number of amides is 1. The van der Waals surface area contributed by atoms with E-state index in [1.807, 2.05) is 7.05 Å². The van der Waals surface area contributed by atoms with E-state index in [-0.39, 0.29) is 11.4 Å². The maximum absolute atomic E-state index is 11.0. The van der Waals surface area contributed by atoms with E-state index >= 15 is 0 Å². The first-order chi connectivity index (χ1) is 5.22. The summed E-state index contributed by atoms with van der Waals surface area (Å²) in [6, 6.07) is 0. The van der Waals surface area contributed by atoms with Gasteiger partial charge in [0.15, 0.2) is 0 Å². The van der Waals surface area contributed by atoms with Gasteiger partial charge in [-0.1, -0.05) is 0 Å². The van der Waals surface area contributed by atoms with Crippen LogP contribution in [0.15, 0.2) is 0 Å². The molecule has 0 aliphatic heterocycles. The lowest BCUT2D eigenvalue weighted by molar-refractivity contribution is -0.122. The molecular formula is C8H16N2O. The molecule has 1 fully saturated rings. The first kappa shape index (κ1) is 8.53. The molecule has 64 valence electrons. The van der Waals surface area contributed by atoms with Crippen molar-refractivity contribution in [3.63, 3.8) is 0 Å². The fourth-order valence-corrected chi connectivity index (χ4v) is 1.51. The predicted molar refractivity (Wildman–Crippen MR) is 44.3 cm³/mol. The second-order valence-corrected chi connectivity index (χ2v) is 3.23. The summed E-state index contributed by atoms with van der Waals surface area (Å²) in [4.78, 5) is 11.0. The minimum atomic E-state index is 0.125. The van der Waals surface area contributed by atoms with E-state index in [1.165, 1.54) is 6.42 Å². The number of carbonyl (C=O) groups excluding carboxylic acids is 1. The van der Waals surface area contributed by atoms with Crippen molar-refractivity contribution in [1.82, 2.24) is 10.6 Å². The molecule has 1 rings (SSSR count). The van der Waals surface area contributed by atoms with E-state index < -0.39 is 0 Å². The summed E-state index contributed by atoms with van der Waals surface area (Å²) in [5, 5.41) is 5.86. The monoisotopic (exact) mass is 156 g/mol. The zero-order chi connectivity index (χ0) is 8.32. The summed E-state index contributed by atoms with van der Waals surface area (Å²) in [5.74, 6) is 0.138. The first-order valence-electron chi connectivity index (χ1n) is 4.12. The summed E-state index contributed by atoms with van der Waals surface area (Å²) in [5.41, 5.74) is 0.125. The molecule has 0 heterocycles. The first-order valence-corrected chi connectivity index (χ1v) is 4.12. The van der Waals surface area contributed by atoms with Crippen molar-refractivity contribution in [3.8, 4) is 0 Å². The molecule has 0 spiro atoms. The van der Waals surface area contributed by atoms with E-state index in [2.05, 4.69) is 10.6 Å². The minimum Gasteiger partial charge on any atom is -0.359 e. The van der Waals surface area contributed by atoms with Crippen molar-refractivity contribution in [2.24, 2.45) is 0 Å². The topological polar surface area (TPSA) is 41.1 Å². The zero-order valence-corrected chi connectivity index (χ0v) is 7.24. The minimum absolute atomic E-state index is 0.125. The second kappa shape index (κ2) is 3.22. The predicted octanol–water partition coefficient (Wildman–Crippen LogP) is 0.265. The highest BCUT2D eigenvalue weighted by Gasteiger charge is 2.36. The molecule has 0 bridgehead atoms. The molecule has 3 nitrogen and oxygen atoms in total. The van der Waals surface area contributed by atoms with Crippen LogP contribution in [0.4, 0.5) is 0 Å². The number of nitrogens with one attached hydrogen (secondary N) is 2. The molecule has 0 saturated heterocycles. The summed E-state index contributed by atoms with van der Waals surface area (Å²) in [6.45, 7) is 0. The average molecular weight is 156 g/mol. The molecule has 0 aromatic carbocycles. The van der Waals surface area contributed by atoms with Crippen LogP contribution in [0.3, 0.4) is 0 Å². The van der Waals surface area contributed by atoms with Gasteiger partial charge in [0.05, 0.1) is 0 Å². The molecule has 3 heteroatoms. The normalized spacial score (nSPS) is 20.5. The third-order valence-electron chi connectivity index (χ3n) is 2.62. The van der Waals surface area contributed by atoms with Gasteiger partial charge in [-0.3, -0.25) is 4.79 Å². The summed E-state index contributed by atoms with van der Waals surface area (Å²) in [6.07, 6.45) is 4.14. The van der Waals surface area contributed by atoms with Gasteiger partial charge in [0, 0.05) is 19.0 Å². The summed E-state index contributed by atoms with van der Waals surface area (Å²) >= 11 is 0. The number of hydrogen-bond acceptors (Lipinski definition) is 2. The van der Waals surface area contributed by atoms with Gasteiger partial charge in [-0.15, -0.1) is 0 Å². The highest BCUT2D eigenvalue weighted by Crippen LogP contribution is 2.34. The lowest BCUT2D eigenvalue weighted by Crippen LogP contribution is -2.51. The molecular weight excluding hydrogens is 140 g/mol. The van der Waals surface area contributed by atoms with Crippen molar-refractivity contribution in [2.75, 3.05) is 14.1 Å². The van der Waals surface area contributed by atoms with Gasteiger partial charge in [-0.05, 0) is 26.3 Å². The van der Waals surface area contributed by atoms with E-state index in [1.54, 1.807) is 7.05 Å². The van der Waals surface area contributed by atoms with Crippen LogP contribution >= 0.6 is 0 Å². The fourth-order valence-electron chi connectivity index (χ4n) is 1.51. The number of carbonyl (C=O) groups is 1. The van der Waals surface area contributed by atoms with Gasteiger partial charge in [0.2, 0.25) is 5.91 Å². The fraction of sp³-hybridized carbons (Fsp3) is 0.875. The van der Waals surface area contributed by atoms with Crippen molar-refractivity contribution in [3.05, 3.63) is 0 Å². The van der Waals surface area contributed by atoms with E-state index in [4.69, 9.17) is 0 Å². The van der Waals surface area contributed by atoms with Gasteiger partial charge in [-0.25, -0.2) is 0 Å². The van der Waals surface area contributed by atoms with E-state index in [9.17, 15) is 4.79 Å². The number of rotatable bonds is 3. The molecule has 11 heavy (non-hydrogen) atoms. The Hall–Kier alpha value is -0.570. The van der Waals surface area contributed by atoms with Crippen LogP contribution in [0, 0.1) is 0 Å². The van der Waals surface area contributed by atoms with Gasteiger partial charge in [-0.2, -0.15) is 0 Å². The van der Waals surface area contributed by atoms with Crippen LogP contribution < -0.4 is 10.6 Å². The molecule has 0 unspecified atom stereocenters. The molecule has 0 atom stereocenters. The molecule has 1 saturated carbocycles. The summed E-state index contributed by atoms with van der Waals surface area (Å²) < 4.78 is 0. The smallest absolute Gasteiger partial charge is 0.221 e. The maximum atomic E-state index is 11.0. The molecule has 1 aliphatic rings. The standard InChI is InChI=1S/C8H16N2O/c1-9-7(11)6-8(10-2)4-3-5-8/h10H,3-6H2,1-2H3,(H,9,11). The Morgan fingerprint density at radius 3 is 2.36 bits per heavy atom. The Balaban J connectivity index is 2.38. The Morgan fingerprint density at radius 2 is 2.09 bits per heavy atom. The van der Waals surface area contributed by atoms with Gasteiger partial charge in [0.1, 0.15) is 0 Å². The molecule has 0 aromatic heterocycles. The van der Waals surface area contributed by atoms with Crippen LogP contribution in [0.1, 0.15) is 25.7 Å². The average Bonchev–Trinajstić information content (AvgIpc) is 1.96. The highest BCUT2D eigenvalue weighted by atomic mass is 16.1. The lowest BCUT2D eigenvalue weighted by atomic mass is 9.74. The third kappa shape index (κ3) is 1.71. The van der Waals surface area contributed by atoms with Crippen molar-refractivity contribution < 1.29 is 4.79 Å². The van der Waals surface area contributed by atoms with Crippen LogP contribution in [-0.2, 0) is 4.79 Å². The largest absolute Gasteiger partial charge is 0.359 e. The second-order valence-electron chi connectivity index (χ2n) is 3.23. The Bertz CT molecular complexity index is 147. The maximum Gasteiger partial charge on any atom is 0.221 e. The SMILES string of the molecule is CNC(=O)CC1(NC)CCC1. The van der Waals surface area contributed by atoms with Crippen LogP contribution in [-0.4, -0.2) is 25.5 Å². The van der Waals surface area contributed by atoms with Crippen molar-refractivity contribution >= 4 is 5.91 Å². The summed E-state index contributed by atoms with van der Waals surface area (Å²) in [7, 11) is 3.62. The van der Waals surface area contributed by atoms with Crippen LogP contribution in [0.2, 0.25) is 0 Å². The molecule has 0 radical (unpaired) electrons.